The number of nitrogens with one attached hydrogen (secondary N) is 1. The van der Waals surface area contributed by atoms with Gasteiger partial charge < -0.3 is 11.1 Å². The van der Waals surface area contributed by atoms with Crippen LogP contribution in [0, 0.1) is 13.8 Å². The molecule has 21 heavy (non-hydrogen) atoms. The van der Waals surface area contributed by atoms with Crippen molar-refractivity contribution < 1.29 is 4.79 Å². The minimum atomic E-state index is -0.293. The van der Waals surface area contributed by atoms with Gasteiger partial charge in [0, 0.05) is 10.7 Å². The maximum absolute atomic E-state index is 11.5. The quantitative estimate of drug-likeness (QED) is 0.892. The highest BCUT2D eigenvalue weighted by atomic mass is 35.5. The summed E-state index contributed by atoms with van der Waals surface area (Å²) in [6.07, 6.45) is 0.388. The lowest BCUT2D eigenvalue weighted by Crippen LogP contribution is -2.14. The van der Waals surface area contributed by atoms with E-state index in [1.165, 1.54) is 5.56 Å². The van der Waals surface area contributed by atoms with Crippen molar-refractivity contribution in [3.63, 3.8) is 0 Å². The highest BCUT2D eigenvalue weighted by Gasteiger charge is 2.22. The molecule has 1 heterocycles. The van der Waals surface area contributed by atoms with E-state index in [1.54, 1.807) is 6.07 Å². The van der Waals surface area contributed by atoms with E-state index in [-0.39, 0.29) is 11.9 Å². The van der Waals surface area contributed by atoms with Gasteiger partial charge in [-0.15, -0.1) is 0 Å². The summed E-state index contributed by atoms with van der Waals surface area (Å²) < 4.78 is 0. The maximum atomic E-state index is 11.5. The van der Waals surface area contributed by atoms with Crippen LogP contribution in [0.25, 0.3) is 0 Å². The number of carbonyl (C=O) groups is 1. The summed E-state index contributed by atoms with van der Waals surface area (Å²) in [4.78, 5) is 11.5. The van der Waals surface area contributed by atoms with Crippen molar-refractivity contribution in [2.45, 2.75) is 26.3 Å². The molecule has 0 saturated heterocycles. The lowest BCUT2D eigenvalue weighted by atomic mass is 9.93. The average molecular weight is 301 g/mol. The minimum Gasteiger partial charge on any atom is -0.325 e. The summed E-state index contributed by atoms with van der Waals surface area (Å²) in [5.41, 5.74) is 12.4. The molecule has 0 radical (unpaired) electrons. The molecule has 0 spiro atoms. The first kappa shape index (κ1) is 14.1. The Morgan fingerprint density at radius 3 is 2.71 bits per heavy atom. The van der Waals surface area contributed by atoms with Crippen LogP contribution in [0.1, 0.15) is 33.9 Å². The molecular formula is C17H17ClN2O. The molecule has 3 nitrogen and oxygen atoms in total. The van der Waals surface area contributed by atoms with Crippen LogP contribution in [0.5, 0.6) is 0 Å². The number of carbonyl (C=O) groups excluding carboxylic acids is 1. The van der Waals surface area contributed by atoms with E-state index in [2.05, 4.69) is 23.5 Å². The van der Waals surface area contributed by atoms with Gasteiger partial charge >= 0.3 is 0 Å². The largest absolute Gasteiger partial charge is 0.325 e. The van der Waals surface area contributed by atoms with Gasteiger partial charge in [0.05, 0.1) is 12.5 Å². The first-order chi connectivity index (χ1) is 9.95. The summed E-state index contributed by atoms with van der Waals surface area (Å²) in [6, 6.07) is 9.67. The summed E-state index contributed by atoms with van der Waals surface area (Å²) in [5, 5.41) is 3.39. The van der Waals surface area contributed by atoms with E-state index < -0.39 is 0 Å². The zero-order valence-corrected chi connectivity index (χ0v) is 12.8. The van der Waals surface area contributed by atoms with Crippen LogP contribution in [0.15, 0.2) is 30.3 Å². The molecule has 3 N–H and O–H groups in total. The molecule has 108 valence electrons. The van der Waals surface area contributed by atoms with Crippen molar-refractivity contribution in [2.75, 3.05) is 5.32 Å². The third-order valence-corrected chi connectivity index (χ3v) is 4.28. The van der Waals surface area contributed by atoms with Gasteiger partial charge in [0.2, 0.25) is 5.91 Å². The molecule has 1 aliphatic rings. The predicted molar refractivity (Wildman–Crippen MR) is 85.7 cm³/mol. The van der Waals surface area contributed by atoms with Gasteiger partial charge in [0.15, 0.2) is 0 Å². The molecule has 1 unspecified atom stereocenters. The SMILES string of the molecule is Cc1ccc(C)c(C(N)c2cc3c(cc2Cl)NC(=O)C3)c1. The monoisotopic (exact) mass is 300 g/mol. The van der Waals surface area contributed by atoms with Gasteiger partial charge in [-0.3, -0.25) is 4.79 Å². The van der Waals surface area contributed by atoms with Crippen LogP contribution in [0.3, 0.4) is 0 Å². The fourth-order valence-corrected chi connectivity index (χ4v) is 3.05. The number of halogens is 1. The molecular weight excluding hydrogens is 284 g/mol. The van der Waals surface area contributed by atoms with Gasteiger partial charge in [-0.1, -0.05) is 35.4 Å². The zero-order valence-electron chi connectivity index (χ0n) is 12.0. The average Bonchev–Trinajstić information content (AvgIpc) is 2.79. The molecule has 2 aromatic rings. The second kappa shape index (κ2) is 5.17. The zero-order chi connectivity index (χ0) is 15.1. The van der Waals surface area contributed by atoms with Crippen molar-refractivity contribution in [1.82, 2.24) is 0 Å². The van der Waals surface area contributed by atoms with E-state index in [0.29, 0.717) is 11.4 Å². The van der Waals surface area contributed by atoms with E-state index in [9.17, 15) is 4.79 Å². The predicted octanol–water partition coefficient (Wildman–Crippen LogP) is 3.50. The van der Waals surface area contributed by atoms with E-state index in [4.69, 9.17) is 17.3 Å². The van der Waals surface area contributed by atoms with Gasteiger partial charge in [0.1, 0.15) is 0 Å². The molecule has 0 bridgehead atoms. The molecule has 0 saturated carbocycles. The number of anilines is 1. The van der Waals surface area contributed by atoms with E-state index >= 15 is 0 Å². The summed E-state index contributed by atoms with van der Waals surface area (Å²) in [5.74, 6) is -0.00137. The third kappa shape index (κ3) is 2.55. The Morgan fingerprint density at radius 2 is 1.95 bits per heavy atom. The summed E-state index contributed by atoms with van der Waals surface area (Å²) in [6.45, 7) is 4.09. The molecule has 1 aliphatic heterocycles. The van der Waals surface area contributed by atoms with E-state index in [1.807, 2.05) is 19.9 Å². The molecule has 3 rings (SSSR count). The van der Waals surface area contributed by atoms with Crippen molar-refractivity contribution >= 4 is 23.2 Å². The van der Waals surface area contributed by atoms with Crippen molar-refractivity contribution in [3.8, 4) is 0 Å². The second-order valence-electron chi connectivity index (χ2n) is 5.59. The first-order valence-corrected chi connectivity index (χ1v) is 7.28. The Labute approximate surface area is 129 Å². The Balaban J connectivity index is 2.06. The number of amides is 1. The number of hydrogen-bond donors (Lipinski definition) is 2. The van der Waals surface area contributed by atoms with Gasteiger partial charge in [-0.05, 0) is 48.2 Å². The summed E-state index contributed by atoms with van der Waals surface area (Å²) in [7, 11) is 0. The Bertz CT molecular complexity index is 740. The molecule has 0 aliphatic carbocycles. The normalized spacial score (nSPS) is 14.8. The van der Waals surface area contributed by atoms with Gasteiger partial charge in [-0.2, -0.15) is 0 Å². The van der Waals surface area contributed by atoms with Gasteiger partial charge in [-0.25, -0.2) is 0 Å². The Kier molecular flexibility index (Phi) is 3.47. The molecule has 0 fully saturated rings. The molecule has 4 heteroatoms. The third-order valence-electron chi connectivity index (χ3n) is 3.95. The number of benzene rings is 2. The molecule has 0 aromatic heterocycles. The number of rotatable bonds is 2. The number of nitrogens with two attached hydrogens (primary N) is 1. The lowest BCUT2D eigenvalue weighted by Gasteiger charge is -2.18. The van der Waals surface area contributed by atoms with Crippen LogP contribution in [-0.2, 0) is 11.2 Å². The Morgan fingerprint density at radius 1 is 1.19 bits per heavy atom. The number of fused-ring (bicyclic) bond motifs is 1. The van der Waals surface area contributed by atoms with Crippen LogP contribution in [-0.4, -0.2) is 5.91 Å². The molecule has 1 amide bonds. The second-order valence-corrected chi connectivity index (χ2v) is 6.00. The fourth-order valence-electron chi connectivity index (χ4n) is 2.77. The van der Waals surface area contributed by atoms with Crippen molar-refractivity contribution in [3.05, 3.63) is 63.2 Å². The lowest BCUT2D eigenvalue weighted by molar-refractivity contribution is -0.115. The number of aryl methyl sites for hydroxylation is 2. The van der Waals surface area contributed by atoms with E-state index in [0.717, 1.165) is 27.9 Å². The highest BCUT2D eigenvalue weighted by molar-refractivity contribution is 6.32. The highest BCUT2D eigenvalue weighted by Crippen LogP contribution is 2.35. The summed E-state index contributed by atoms with van der Waals surface area (Å²) >= 11 is 6.36. The smallest absolute Gasteiger partial charge is 0.228 e. The van der Waals surface area contributed by atoms with Crippen molar-refractivity contribution in [2.24, 2.45) is 5.73 Å². The minimum absolute atomic E-state index is 0.00137. The van der Waals surface area contributed by atoms with Crippen LogP contribution in [0.4, 0.5) is 5.69 Å². The van der Waals surface area contributed by atoms with Crippen LogP contribution < -0.4 is 11.1 Å². The maximum Gasteiger partial charge on any atom is 0.228 e. The topological polar surface area (TPSA) is 55.1 Å². The van der Waals surface area contributed by atoms with Crippen LogP contribution in [0.2, 0.25) is 5.02 Å². The van der Waals surface area contributed by atoms with Gasteiger partial charge in [0.25, 0.3) is 0 Å². The fraction of sp³-hybridized carbons (Fsp3) is 0.235. The first-order valence-electron chi connectivity index (χ1n) is 6.90. The van der Waals surface area contributed by atoms with Crippen LogP contribution >= 0.6 is 11.6 Å². The Hall–Kier alpha value is -1.84. The standard InChI is InChI=1S/C17H17ClN2O/c1-9-3-4-10(2)12(5-9)17(19)13-6-11-7-16(21)20-15(11)8-14(13)18/h3-6,8,17H,7,19H2,1-2H3,(H,20,21). The molecule has 2 aromatic carbocycles. The number of hydrogen-bond acceptors (Lipinski definition) is 2. The molecule has 1 atom stereocenters. The van der Waals surface area contributed by atoms with Crippen molar-refractivity contribution in [1.29, 1.82) is 0 Å².